The topological polar surface area (TPSA) is 0 Å². The quantitative estimate of drug-likeness (QED) is 0.143. The third kappa shape index (κ3) is 4.57. The number of benzene rings is 7. The van der Waals surface area contributed by atoms with Gasteiger partial charge in [-0.1, -0.05) is 165 Å². The molecule has 206 valence electrons. The highest BCUT2D eigenvalue weighted by atomic mass is 14.3. The van der Waals surface area contributed by atoms with Gasteiger partial charge >= 0.3 is 0 Å². The van der Waals surface area contributed by atoms with Gasteiger partial charge in [0.2, 0.25) is 0 Å². The molecule has 0 fully saturated rings. The van der Waals surface area contributed by atoms with Crippen molar-refractivity contribution in [3.63, 3.8) is 0 Å². The summed E-state index contributed by atoms with van der Waals surface area (Å²) < 4.78 is 0. The monoisotopic (exact) mass is 550 g/mol. The van der Waals surface area contributed by atoms with Crippen LogP contribution >= 0.6 is 0 Å². The summed E-state index contributed by atoms with van der Waals surface area (Å²) in [6.45, 7) is 4.35. The van der Waals surface area contributed by atoms with Crippen LogP contribution in [0.5, 0.6) is 0 Å². The molecule has 0 unspecified atom stereocenters. The summed E-state index contributed by atoms with van der Waals surface area (Å²) in [5, 5.41) is 7.69. The van der Waals surface area contributed by atoms with Gasteiger partial charge in [0.25, 0.3) is 0 Å². The highest BCUT2D eigenvalue weighted by Gasteiger charge is 2.25. The molecule has 0 bridgehead atoms. The Balaban J connectivity index is 1.90. The average molecular weight is 551 g/mol. The Kier molecular flexibility index (Phi) is 7.19. The molecule has 0 aromatic heterocycles. The van der Waals surface area contributed by atoms with Crippen LogP contribution in [0, 0.1) is 0 Å². The largest absolute Gasteiger partial charge is 0.0871 e. The fourth-order valence-corrected chi connectivity index (χ4v) is 6.79. The van der Waals surface area contributed by atoms with Gasteiger partial charge in [-0.15, -0.1) is 0 Å². The average Bonchev–Trinajstić information content (AvgIpc) is 3.07. The molecular formula is C43H34. The van der Waals surface area contributed by atoms with Gasteiger partial charge in [-0.3, -0.25) is 0 Å². The van der Waals surface area contributed by atoms with E-state index in [1.165, 1.54) is 76.8 Å². The lowest BCUT2D eigenvalue weighted by atomic mass is 9.77. The first-order chi connectivity index (χ1) is 21.3. The first-order valence-electron chi connectivity index (χ1n) is 15.2. The highest BCUT2D eigenvalue weighted by Crippen LogP contribution is 2.52. The molecule has 0 saturated heterocycles. The second-order valence-corrected chi connectivity index (χ2v) is 11.0. The van der Waals surface area contributed by atoms with Gasteiger partial charge in [0, 0.05) is 0 Å². The maximum atomic E-state index is 2.38. The van der Waals surface area contributed by atoms with Crippen molar-refractivity contribution >= 4 is 37.9 Å². The molecule has 0 aliphatic carbocycles. The van der Waals surface area contributed by atoms with E-state index < -0.39 is 0 Å². The Morgan fingerprint density at radius 2 is 0.837 bits per heavy atom. The van der Waals surface area contributed by atoms with Crippen molar-refractivity contribution in [1.82, 2.24) is 0 Å². The second-order valence-electron chi connectivity index (χ2n) is 11.0. The number of fused-ring (bicyclic) bond motifs is 3. The van der Waals surface area contributed by atoms with Crippen LogP contribution in [0.1, 0.15) is 25.8 Å². The zero-order valence-corrected chi connectivity index (χ0v) is 24.7. The van der Waals surface area contributed by atoms with Gasteiger partial charge in [0.15, 0.2) is 0 Å². The molecule has 0 nitrogen and oxygen atoms in total. The fraction of sp³-hybridized carbons (Fsp3) is 0.0698. The molecule has 0 heteroatoms. The van der Waals surface area contributed by atoms with Crippen molar-refractivity contribution in [1.29, 1.82) is 0 Å². The molecule has 0 atom stereocenters. The maximum absolute atomic E-state index is 2.38. The SMILES string of the molecule is C/C=C\C(=C/CC)c1c2ccccc2c(-c2ccccc2)c2c(-c3ccccc3)c3ccccc3c(-c3ccccc3)c12. The number of hydrogen-bond acceptors (Lipinski definition) is 0. The third-order valence-electron chi connectivity index (χ3n) is 8.43. The van der Waals surface area contributed by atoms with E-state index in [0.717, 1.165) is 6.42 Å². The van der Waals surface area contributed by atoms with Crippen molar-refractivity contribution in [3.8, 4) is 33.4 Å². The molecule has 7 aromatic rings. The van der Waals surface area contributed by atoms with Crippen LogP contribution in [-0.2, 0) is 0 Å². The normalized spacial score (nSPS) is 12.1. The van der Waals surface area contributed by atoms with Gasteiger partial charge < -0.3 is 0 Å². The van der Waals surface area contributed by atoms with E-state index in [4.69, 9.17) is 0 Å². The van der Waals surface area contributed by atoms with Gasteiger partial charge in [-0.25, -0.2) is 0 Å². The zero-order valence-electron chi connectivity index (χ0n) is 24.7. The van der Waals surface area contributed by atoms with Gasteiger partial charge in [0.05, 0.1) is 0 Å². The van der Waals surface area contributed by atoms with Crippen LogP contribution in [0.25, 0.3) is 71.3 Å². The molecule has 0 saturated carbocycles. The van der Waals surface area contributed by atoms with Crippen LogP contribution in [0.4, 0.5) is 0 Å². The summed E-state index contributed by atoms with van der Waals surface area (Å²) in [6, 6.07) is 50.9. The van der Waals surface area contributed by atoms with Gasteiger partial charge in [-0.2, -0.15) is 0 Å². The Morgan fingerprint density at radius 1 is 0.465 bits per heavy atom. The standard InChI is InChI=1S/C43H34/c1-3-18-30(19-4-2)38-34-26-14-15-27-35(34)40(32-22-10-6-11-23-32)43-41(33-24-12-7-13-25-33)37-29-17-16-28-36(37)39(42(38)43)31-20-8-5-9-21-31/h3,5-29H,4H2,1-2H3/b18-3-,30-19+. The highest BCUT2D eigenvalue weighted by molar-refractivity contribution is 6.32. The lowest BCUT2D eigenvalue weighted by molar-refractivity contribution is 1.23. The summed E-state index contributed by atoms with van der Waals surface area (Å²) in [7, 11) is 0. The van der Waals surface area contributed by atoms with E-state index in [-0.39, 0.29) is 0 Å². The van der Waals surface area contributed by atoms with Crippen molar-refractivity contribution in [3.05, 3.63) is 163 Å². The predicted octanol–water partition coefficient (Wildman–Crippen LogP) is 12.5. The molecule has 0 radical (unpaired) electrons. The number of hydrogen-bond donors (Lipinski definition) is 0. The number of rotatable bonds is 6. The minimum absolute atomic E-state index is 0.954. The van der Waals surface area contributed by atoms with Crippen molar-refractivity contribution in [2.75, 3.05) is 0 Å². The maximum Gasteiger partial charge on any atom is -0.000139 e. The van der Waals surface area contributed by atoms with E-state index in [0.29, 0.717) is 0 Å². The van der Waals surface area contributed by atoms with Gasteiger partial charge in [0.1, 0.15) is 0 Å². The molecule has 0 aliphatic heterocycles. The Morgan fingerprint density at radius 3 is 1.26 bits per heavy atom. The van der Waals surface area contributed by atoms with Crippen molar-refractivity contribution < 1.29 is 0 Å². The second kappa shape index (κ2) is 11.6. The van der Waals surface area contributed by atoms with Crippen LogP contribution in [0.2, 0.25) is 0 Å². The third-order valence-corrected chi connectivity index (χ3v) is 8.43. The Bertz CT molecular complexity index is 2080. The minimum atomic E-state index is 0.954. The number of allylic oxidation sites excluding steroid dienone is 4. The summed E-state index contributed by atoms with van der Waals surface area (Å²) in [5.41, 5.74) is 10.1. The molecule has 0 N–H and O–H groups in total. The van der Waals surface area contributed by atoms with E-state index in [2.05, 4.69) is 172 Å². The van der Waals surface area contributed by atoms with E-state index in [1.54, 1.807) is 0 Å². The lowest BCUT2D eigenvalue weighted by Crippen LogP contribution is -1.99. The molecule has 0 spiro atoms. The molecule has 0 amide bonds. The molecule has 0 aliphatic rings. The summed E-state index contributed by atoms with van der Waals surface area (Å²) in [5.74, 6) is 0. The first kappa shape index (κ1) is 26.7. The first-order valence-corrected chi connectivity index (χ1v) is 15.2. The minimum Gasteiger partial charge on any atom is -0.0871 e. The molecule has 0 heterocycles. The van der Waals surface area contributed by atoms with Crippen LogP contribution < -0.4 is 0 Å². The fourth-order valence-electron chi connectivity index (χ4n) is 6.79. The summed E-state index contributed by atoms with van der Waals surface area (Å²) in [6.07, 6.45) is 7.80. The molecule has 43 heavy (non-hydrogen) atoms. The molecular weight excluding hydrogens is 516 g/mol. The van der Waals surface area contributed by atoms with Crippen LogP contribution in [0.15, 0.2) is 158 Å². The molecule has 7 rings (SSSR count). The predicted molar refractivity (Wildman–Crippen MR) is 188 cm³/mol. The Labute approximate surface area is 254 Å². The molecule has 7 aromatic carbocycles. The lowest BCUT2D eigenvalue weighted by Gasteiger charge is -2.25. The van der Waals surface area contributed by atoms with Crippen molar-refractivity contribution in [2.45, 2.75) is 20.3 Å². The Hall–Kier alpha value is -5.20. The van der Waals surface area contributed by atoms with Crippen LogP contribution in [0.3, 0.4) is 0 Å². The van der Waals surface area contributed by atoms with Gasteiger partial charge in [-0.05, 0) is 90.2 Å². The summed E-state index contributed by atoms with van der Waals surface area (Å²) in [4.78, 5) is 0. The zero-order chi connectivity index (χ0) is 29.2. The smallest absolute Gasteiger partial charge is 0.000139 e. The van der Waals surface area contributed by atoms with E-state index in [1.807, 2.05) is 0 Å². The van der Waals surface area contributed by atoms with E-state index >= 15 is 0 Å². The summed E-state index contributed by atoms with van der Waals surface area (Å²) >= 11 is 0. The van der Waals surface area contributed by atoms with E-state index in [9.17, 15) is 0 Å². The van der Waals surface area contributed by atoms with Crippen molar-refractivity contribution in [2.24, 2.45) is 0 Å². The van der Waals surface area contributed by atoms with Crippen LogP contribution in [-0.4, -0.2) is 0 Å².